The largest absolute Gasteiger partial charge is 0.292 e. The maximum atomic E-state index is 12.6. The Hall–Kier alpha value is -2.40. The van der Waals surface area contributed by atoms with Crippen LogP contribution in [0.3, 0.4) is 0 Å². The highest BCUT2D eigenvalue weighted by molar-refractivity contribution is 6.03. The highest BCUT2D eigenvalue weighted by atomic mass is 16.1. The number of nitrogens with zero attached hydrogens (tertiary/aromatic N) is 1. The molecule has 0 aliphatic rings. The van der Waals surface area contributed by atoms with Gasteiger partial charge in [0.25, 0.3) is 0 Å². The van der Waals surface area contributed by atoms with Crippen LogP contribution < -0.4 is 0 Å². The van der Waals surface area contributed by atoms with Crippen LogP contribution in [-0.4, -0.2) is 5.78 Å². The molecule has 2 rings (SSSR count). The van der Waals surface area contributed by atoms with Crippen LogP contribution in [0.15, 0.2) is 42.5 Å². The number of hydrogen-bond acceptors (Lipinski definition) is 2. The van der Waals surface area contributed by atoms with Gasteiger partial charge in [-0.3, -0.25) is 4.79 Å². The molecule has 2 aromatic carbocycles. The smallest absolute Gasteiger partial charge is 0.184 e. The van der Waals surface area contributed by atoms with Crippen LogP contribution in [-0.2, 0) is 0 Å². The molecule has 0 saturated carbocycles. The molecule has 0 heterocycles. The Morgan fingerprint density at radius 3 is 2.35 bits per heavy atom. The normalized spacial score (nSPS) is 11.7. The lowest BCUT2D eigenvalue weighted by Crippen LogP contribution is -2.13. The molecule has 2 aromatic rings. The number of nitriles is 1. The second-order valence-electron chi connectivity index (χ2n) is 5.16. The minimum atomic E-state index is -0.740. The lowest BCUT2D eigenvalue weighted by molar-refractivity contribution is 0.0978. The number of ketones is 1. The molecule has 0 aliphatic carbocycles. The predicted octanol–water partition coefficient (Wildman–Crippen LogP) is 4.10. The van der Waals surface area contributed by atoms with Crippen LogP contribution in [0.1, 0.15) is 38.5 Å². The molecule has 100 valence electrons. The number of Topliss-reactive ketones (excluding diaryl/α,β-unsaturated/α-hetero) is 1. The summed E-state index contributed by atoms with van der Waals surface area (Å²) in [5, 5.41) is 9.38. The van der Waals surface area contributed by atoms with Crippen molar-refractivity contribution in [2.24, 2.45) is 0 Å². The van der Waals surface area contributed by atoms with E-state index in [1.54, 1.807) is 0 Å². The molecule has 2 nitrogen and oxygen atoms in total. The molecular formula is C18H17NO. The van der Waals surface area contributed by atoms with E-state index in [1.165, 1.54) is 0 Å². The summed E-state index contributed by atoms with van der Waals surface area (Å²) < 4.78 is 0. The van der Waals surface area contributed by atoms with Crippen LogP contribution >= 0.6 is 0 Å². The molecule has 0 bridgehead atoms. The highest BCUT2D eigenvalue weighted by Crippen LogP contribution is 2.23. The molecule has 20 heavy (non-hydrogen) atoms. The fraction of sp³-hybridized carbons (Fsp3) is 0.222. The van der Waals surface area contributed by atoms with Crippen molar-refractivity contribution in [2.45, 2.75) is 26.7 Å². The number of carbonyl (C=O) groups excluding carboxylic acids is 1. The molecule has 1 atom stereocenters. The average molecular weight is 263 g/mol. The highest BCUT2D eigenvalue weighted by Gasteiger charge is 2.23. The molecule has 0 saturated heterocycles. The first-order valence-electron chi connectivity index (χ1n) is 6.60. The number of aryl methyl sites for hydroxylation is 3. The van der Waals surface area contributed by atoms with Crippen molar-refractivity contribution >= 4 is 5.78 Å². The maximum Gasteiger partial charge on any atom is 0.184 e. The van der Waals surface area contributed by atoms with Gasteiger partial charge in [0.2, 0.25) is 0 Å². The number of hydrogen-bond donors (Lipinski definition) is 0. The zero-order chi connectivity index (χ0) is 14.7. The van der Waals surface area contributed by atoms with Gasteiger partial charge in [0.1, 0.15) is 5.92 Å². The van der Waals surface area contributed by atoms with Gasteiger partial charge >= 0.3 is 0 Å². The van der Waals surface area contributed by atoms with E-state index in [1.807, 2.05) is 63.2 Å². The van der Waals surface area contributed by atoms with Gasteiger partial charge in [-0.1, -0.05) is 53.6 Å². The third-order valence-electron chi connectivity index (χ3n) is 3.41. The summed E-state index contributed by atoms with van der Waals surface area (Å²) in [6.45, 7) is 5.86. The first-order chi connectivity index (χ1) is 9.52. The first kappa shape index (κ1) is 14.0. The van der Waals surface area contributed by atoms with Crippen LogP contribution in [0.4, 0.5) is 0 Å². The SMILES string of the molecule is Cc1cccc(C(C#N)C(=O)c2ccc(C)cc2C)c1. The molecule has 0 amide bonds. The van der Waals surface area contributed by atoms with Crippen LogP contribution in [0, 0.1) is 32.1 Å². The molecular weight excluding hydrogens is 246 g/mol. The van der Waals surface area contributed by atoms with Crippen molar-refractivity contribution in [1.82, 2.24) is 0 Å². The van der Waals surface area contributed by atoms with Gasteiger partial charge in [0, 0.05) is 5.56 Å². The van der Waals surface area contributed by atoms with Crippen molar-refractivity contribution in [1.29, 1.82) is 5.26 Å². The van der Waals surface area contributed by atoms with Crippen molar-refractivity contribution in [3.63, 3.8) is 0 Å². The van der Waals surface area contributed by atoms with Gasteiger partial charge in [-0.05, 0) is 31.9 Å². The van der Waals surface area contributed by atoms with Gasteiger partial charge in [-0.15, -0.1) is 0 Å². The standard InChI is InChI=1S/C18H17NO/c1-12-5-4-6-15(10-12)17(11-19)18(20)16-8-7-13(2)9-14(16)3/h4-10,17H,1-3H3. The zero-order valence-electron chi connectivity index (χ0n) is 12.0. The predicted molar refractivity (Wildman–Crippen MR) is 79.8 cm³/mol. The van der Waals surface area contributed by atoms with Crippen molar-refractivity contribution < 1.29 is 4.79 Å². The first-order valence-corrected chi connectivity index (χ1v) is 6.60. The van der Waals surface area contributed by atoms with Crippen LogP contribution in [0.25, 0.3) is 0 Å². The van der Waals surface area contributed by atoms with Crippen molar-refractivity contribution in [2.75, 3.05) is 0 Å². The molecule has 0 spiro atoms. The number of benzene rings is 2. The molecule has 1 unspecified atom stereocenters. The maximum absolute atomic E-state index is 12.6. The van der Waals surface area contributed by atoms with Crippen LogP contribution in [0.5, 0.6) is 0 Å². The van der Waals surface area contributed by atoms with E-state index in [9.17, 15) is 10.1 Å². The van der Waals surface area contributed by atoms with E-state index in [-0.39, 0.29) is 5.78 Å². The summed E-state index contributed by atoms with van der Waals surface area (Å²) in [7, 11) is 0. The quantitative estimate of drug-likeness (QED) is 0.782. The molecule has 0 fully saturated rings. The Balaban J connectivity index is 2.42. The van der Waals surface area contributed by atoms with Crippen molar-refractivity contribution in [3.8, 4) is 6.07 Å². The van der Waals surface area contributed by atoms with Crippen molar-refractivity contribution in [3.05, 3.63) is 70.3 Å². The Labute approximate surface area is 119 Å². The molecule has 0 aliphatic heterocycles. The van der Waals surface area contributed by atoms with Gasteiger partial charge < -0.3 is 0 Å². The third kappa shape index (κ3) is 2.78. The zero-order valence-corrected chi connectivity index (χ0v) is 12.0. The topological polar surface area (TPSA) is 40.9 Å². The van der Waals surface area contributed by atoms with Crippen LogP contribution in [0.2, 0.25) is 0 Å². The summed E-state index contributed by atoms with van der Waals surface area (Å²) in [4.78, 5) is 12.6. The summed E-state index contributed by atoms with van der Waals surface area (Å²) in [5.41, 5.74) is 4.48. The molecule has 0 aromatic heterocycles. The Morgan fingerprint density at radius 2 is 1.75 bits per heavy atom. The average Bonchev–Trinajstić information content (AvgIpc) is 2.39. The second kappa shape index (κ2) is 5.71. The summed E-state index contributed by atoms with van der Waals surface area (Å²) in [6, 6.07) is 15.4. The molecule has 2 heteroatoms. The lowest BCUT2D eigenvalue weighted by Gasteiger charge is -2.12. The second-order valence-corrected chi connectivity index (χ2v) is 5.16. The van der Waals surface area contributed by atoms with Gasteiger partial charge in [-0.25, -0.2) is 0 Å². The van der Waals surface area contributed by atoms with Gasteiger partial charge in [0.15, 0.2) is 5.78 Å². The number of rotatable bonds is 3. The minimum absolute atomic E-state index is 0.129. The Bertz CT molecular complexity index is 695. The van der Waals surface area contributed by atoms with E-state index >= 15 is 0 Å². The van der Waals surface area contributed by atoms with Gasteiger partial charge in [-0.2, -0.15) is 5.26 Å². The van der Waals surface area contributed by atoms with E-state index in [2.05, 4.69) is 6.07 Å². The van der Waals surface area contributed by atoms with E-state index in [0.29, 0.717) is 5.56 Å². The number of carbonyl (C=O) groups is 1. The lowest BCUT2D eigenvalue weighted by atomic mass is 9.89. The molecule has 0 N–H and O–H groups in total. The Kier molecular flexibility index (Phi) is 4.00. The fourth-order valence-corrected chi connectivity index (χ4v) is 2.38. The van der Waals surface area contributed by atoms with E-state index in [0.717, 1.165) is 22.3 Å². The summed E-state index contributed by atoms with van der Waals surface area (Å²) >= 11 is 0. The van der Waals surface area contributed by atoms with E-state index in [4.69, 9.17) is 0 Å². The third-order valence-corrected chi connectivity index (χ3v) is 3.41. The Morgan fingerprint density at radius 1 is 1.05 bits per heavy atom. The minimum Gasteiger partial charge on any atom is -0.292 e. The summed E-state index contributed by atoms with van der Waals surface area (Å²) in [5.74, 6) is -0.869. The fourth-order valence-electron chi connectivity index (χ4n) is 2.38. The monoisotopic (exact) mass is 263 g/mol. The molecule has 0 radical (unpaired) electrons. The van der Waals surface area contributed by atoms with E-state index < -0.39 is 5.92 Å². The van der Waals surface area contributed by atoms with Gasteiger partial charge in [0.05, 0.1) is 6.07 Å². The summed E-state index contributed by atoms with van der Waals surface area (Å²) in [6.07, 6.45) is 0.